The number of halogens is 3. The van der Waals surface area contributed by atoms with Crippen LogP contribution in [0.25, 0.3) is 12.2 Å². The van der Waals surface area contributed by atoms with Crippen LogP contribution in [0.3, 0.4) is 0 Å². The number of amides is 1. The largest absolute Gasteiger partial charge is 0.573 e. The number of carbonyl (C=O) groups excluding carboxylic acids is 1. The Kier molecular flexibility index (Phi) is 6.50. The van der Waals surface area contributed by atoms with Crippen molar-refractivity contribution in [2.45, 2.75) is 12.9 Å². The van der Waals surface area contributed by atoms with Crippen molar-refractivity contribution in [2.24, 2.45) is 0 Å². The highest BCUT2D eigenvalue weighted by molar-refractivity contribution is 7.14. The second-order valence-corrected chi connectivity index (χ2v) is 7.57. The number of thiazole rings is 1. The van der Waals surface area contributed by atoms with Crippen LogP contribution in [-0.2, 0) is 6.54 Å². The van der Waals surface area contributed by atoms with Gasteiger partial charge in [0.15, 0.2) is 5.13 Å². The van der Waals surface area contributed by atoms with Crippen molar-refractivity contribution in [1.82, 2.24) is 19.5 Å². The number of nitrogens with one attached hydrogen (secondary N) is 1. The molecule has 11 heteroatoms. The van der Waals surface area contributed by atoms with Gasteiger partial charge in [0, 0.05) is 30.5 Å². The van der Waals surface area contributed by atoms with Crippen LogP contribution in [0.4, 0.5) is 18.3 Å². The lowest BCUT2D eigenvalue weighted by Gasteiger charge is -2.08. The summed E-state index contributed by atoms with van der Waals surface area (Å²) >= 11 is 1.25. The smallest absolute Gasteiger partial charge is 0.404 e. The van der Waals surface area contributed by atoms with Crippen molar-refractivity contribution in [3.8, 4) is 5.75 Å². The van der Waals surface area contributed by atoms with Gasteiger partial charge in [0.25, 0.3) is 5.91 Å². The Labute approximate surface area is 190 Å². The zero-order valence-corrected chi connectivity index (χ0v) is 17.7. The monoisotopic (exact) mass is 471 g/mol. The van der Waals surface area contributed by atoms with Crippen molar-refractivity contribution < 1.29 is 22.7 Å². The van der Waals surface area contributed by atoms with E-state index in [1.165, 1.54) is 23.5 Å². The third-order valence-corrected chi connectivity index (χ3v) is 5.10. The van der Waals surface area contributed by atoms with Crippen LogP contribution in [0.1, 0.15) is 27.4 Å². The van der Waals surface area contributed by atoms with Crippen molar-refractivity contribution >= 4 is 34.5 Å². The normalized spacial score (nSPS) is 11.6. The van der Waals surface area contributed by atoms with Gasteiger partial charge in [0.05, 0.1) is 17.6 Å². The van der Waals surface area contributed by atoms with Crippen LogP contribution in [0.15, 0.2) is 66.6 Å². The molecule has 0 saturated carbocycles. The summed E-state index contributed by atoms with van der Waals surface area (Å²) in [7, 11) is 0. The van der Waals surface area contributed by atoms with Crippen molar-refractivity contribution in [3.63, 3.8) is 0 Å². The lowest BCUT2D eigenvalue weighted by molar-refractivity contribution is -0.274. The fraction of sp³-hybridized carbons (Fsp3) is 0.0909. The summed E-state index contributed by atoms with van der Waals surface area (Å²) in [6.07, 6.45) is 4.68. The van der Waals surface area contributed by atoms with E-state index in [0.29, 0.717) is 28.8 Å². The molecule has 4 aromatic rings. The van der Waals surface area contributed by atoms with Gasteiger partial charge in [-0.3, -0.25) is 20.1 Å². The van der Waals surface area contributed by atoms with Crippen LogP contribution >= 0.6 is 11.3 Å². The average molecular weight is 471 g/mol. The topological polar surface area (TPSA) is 81.9 Å². The molecule has 4 rings (SSSR count). The maximum atomic E-state index is 12.7. The van der Waals surface area contributed by atoms with Gasteiger partial charge < -0.3 is 9.30 Å². The lowest BCUT2D eigenvalue weighted by atomic mass is 10.2. The summed E-state index contributed by atoms with van der Waals surface area (Å²) < 4.78 is 42.2. The zero-order chi connectivity index (χ0) is 23.3. The highest BCUT2D eigenvalue weighted by Gasteiger charge is 2.31. The zero-order valence-electron chi connectivity index (χ0n) is 16.9. The van der Waals surface area contributed by atoms with Crippen LogP contribution < -0.4 is 10.1 Å². The Morgan fingerprint density at radius 1 is 1.12 bits per heavy atom. The second kappa shape index (κ2) is 9.65. The number of aromatic nitrogens is 4. The molecule has 1 amide bonds. The van der Waals surface area contributed by atoms with Crippen molar-refractivity contribution in [2.75, 3.05) is 5.32 Å². The third kappa shape index (κ3) is 6.26. The van der Waals surface area contributed by atoms with E-state index in [4.69, 9.17) is 0 Å². The Hall–Kier alpha value is -3.99. The number of carbonyl (C=O) groups is 1. The molecule has 0 radical (unpaired) electrons. The predicted molar refractivity (Wildman–Crippen MR) is 118 cm³/mol. The fourth-order valence-corrected chi connectivity index (χ4v) is 3.55. The number of rotatable bonds is 7. The average Bonchev–Trinajstić information content (AvgIpc) is 3.42. The Bertz CT molecular complexity index is 1250. The minimum Gasteiger partial charge on any atom is -0.404 e. The Morgan fingerprint density at radius 2 is 1.91 bits per heavy atom. The number of ether oxygens (including phenoxy) is 1. The minimum atomic E-state index is -4.76. The highest BCUT2D eigenvalue weighted by Crippen LogP contribution is 2.22. The van der Waals surface area contributed by atoms with Gasteiger partial charge in [-0.15, -0.1) is 24.5 Å². The number of nitrogens with zero attached hydrogens (tertiary/aromatic N) is 4. The first-order valence-electron chi connectivity index (χ1n) is 9.56. The molecule has 0 unspecified atom stereocenters. The van der Waals surface area contributed by atoms with Gasteiger partial charge in [-0.1, -0.05) is 0 Å². The molecule has 0 atom stereocenters. The van der Waals surface area contributed by atoms with E-state index in [9.17, 15) is 18.0 Å². The van der Waals surface area contributed by atoms with Gasteiger partial charge >= 0.3 is 6.36 Å². The predicted octanol–water partition coefficient (Wildman–Crippen LogP) is 5.10. The van der Waals surface area contributed by atoms with E-state index in [0.717, 1.165) is 11.8 Å². The van der Waals surface area contributed by atoms with Crippen LogP contribution in [0, 0.1) is 0 Å². The maximum absolute atomic E-state index is 12.7. The third-order valence-electron chi connectivity index (χ3n) is 4.32. The molecule has 168 valence electrons. The molecule has 0 aliphatic rings. The van der Waals surface area contributed by atoms with Crippen molar-refractivity contribution in [3.05, 3.63) is 89.2 Å². The number of pyridine rings is 2. The number of anilines is 1. The molecule has 33 heavy (non-hydrogen) atoms. The van der Waals surface area contributed by atoms with Gasteiger partial charge in [0.2, 0.25) is 0 Å². The number of alkyl halides is 3. The van der Waals surface area contributed by atoms with Gasteiger partial charge in [-0.05, 0) is 54.1 Å². The molecule has 4 aromatic heterocycles. The molecule has 4 heterocycles. The van der Waals surface area contributed by atoms with E-state index in [-0.39, 0.29) is 5.91 Å². The first kappa shape index (κ1) is 22.2. The molecule has 7 nitrogen and oxygen atoms in total. The van der Waals surface area contributed by atoms with Crippen LogP contribution in [-0.4, -0.2) is 31.8 Å². The van der Waals surface area contributed by atoms with Gasteiger partial charge in [0.1, 0.15) is 11.4 Å². The first-order valence-corrected chi connectivity index (χ1v) is 10.4. The van der Waals surface area contributed by atoms with Crippen LogP contribution in [0.5, 0.6) is 5.75 Å². The molecule has 1 N–H and O–H groups in total. The van der Waals surface area contributed by atoms with Crippen molar-refractivity contribution in [1.29, 1.82) is 0 Å². The van der Waals surface area contributed by atoms with E-state index in [2.05, 4.69) is 25.0 Å². The minimum absolute atomic E-state index is 0.291. The molecule has 0 aliphatic heterocycles. The summed E-state index contributed by atoms with van der Waals surface area (Å²) in [4.78, 5) is 24.9. The summed E-state index contributed by atoms with van der Waals surface area (Å²) in [5, 5.41) is 4.94. The molecule has 0 spiro atoms. The summed E-state index contributed by atoms with van der Waals surface area (Å²) in [6.45, 7) is 0.532. The molecule has 0 bridgehead atoms. The number of hydrogen-bond donors (Lipinski definition) is 1. The van der Waals surface area contributed by atoms with Gasteiger partial charge in [-0.2, -0.15) is 0 Å². The molecular formula is C22H16F3N5O2S. The molecule has 0 fully saturated rings. The standard InChI is InChI=1S/C22H16F3N5O2S/c23-22(24,25)32-18-6-5-16(27-12-18)3-4-17-14-33-21(28-17)29-20(31)19-2-1-11-30(19)13-15-7-9-26-10-8-15/h1-12,14H,13H2,(H,28,29,31)/b4-3+. The highest BCUT2D eigenvalue weighted by atomic mass is 32.1. The summed E-state index contributed by atoms with van der Waals surface area (Å²) in [5.41, 5.74) is 2.50. The SMILES string of the molecule is O=C(Nc1nc(/C=C/c2ccc(OC(F)(F)F)cn2)cs1)c1cccn1Cc1ccncc1. The lowest BCUT2D eigenvalue weighted by Crippen LogP contribution is -2.17. The Balaban J connectivity index is 1.37. The number of hydrogen-bond acceptors (Lipinski definition) is 6. The molecule has 0 saturated heterocycles. The van der Waals surface area contributed by atoms with Gasteiger partial charge in [-0.25, -0.2) is 4.98 Å². The molecule has 0 aromatic carbocycles. The first-order chi connectivity index (χ1) is 15.9. The van der Waals surface area contributed by atoms with E-state index >= 15 is 0 Å². The van der Waals surface area contributed by atoms with Crippen LogP contribution in [0.2, 0.25) is 0 Å². The maximum Gasteiger partial charge on any atom is 0.573 e. The quantitative estimate of drug-likeness (QED) is 0.405. The molecule has 0 aliphatic carbocycles. The molecular weight excluding hydrogens is 455 g/mol. The van der Waals surface area contributed by atoms with E-state index in [1.54, 1.807) is 42.1 Å². The van der Waals surface area contributed by atoms with E-state index < -0.39 is 12.1 Å². The second-order valence-electron chi connectivity index (χ2n) is 6.71. The fourth-order valence-electron chi connectivity index (χ4n) is 2.88. The summed E-state index contributed by atoms with van der Waals surface area (Å²) in [6, 6.07) is 9.85. The summed E-state index contributed by atoms with van der Waals surface area (Å²) in [5.74, 6) is -0.687. The Morgan fingerprint density at radius 3 is 2.64 bits per heavy atom. The van der Waals surface area contributed by atoms with E-state index in [1.807, 2.05) is 22.9 Å².